The van der Waals surface area contributed by atoms with Crippen LogP contribution in [0.25, 0.3) is 0 Å². The van der Waals surface area contributed by atoms with Gasteiger partial charge in [-0.1, -0.05) is 0 Å². The fourth-order valence-corrected chi connectivity index (χ4v) is 6.15. The minimum atomic E-state index is -0.839. The average molecular weight is 329 g/mol. The maximum atomic E-state index is 13.0. The van der Waals surface area contributed by atoms with E-state index in [0.29, 0.717) is 29.9 Å². The average Bonchev–Trinajstić information content (AvgIpc) is 2.83. The van der Waals surface area contributed by atoms with Gasteiger partial charge in [0, 0.05) is 29.7 Å². The largest absolute Gasteiger partial charge is 0.508 e. The van der Waals surface area contributed by atoms with E-state index in [1.54, 1.807) is 13.2 Å². The van der Waals surface area contributed by atoms with Crippen molar-refractivity contribution in [2.45, 2.75) is 49.7 Å². The maximum absolute atomic E-state index is 13.0. The van der Waals surface area contributed by atoms with Crippen molar-refractivity contribution >= 4 is 5.78 Å². The molecule has 2 fully saturated rings. The predicted molar refractivity (Wildman–Crippen MR) is 87.8 cm³/mol. The molecule has 0 amide bonds. The van der Waals surface area contributed by atoms with E-state index in [1.165, 1.54) is 0 Å². The first kappa shape index (κ1) is 14.6. The number of ketones is 1. The molecule has 24 heavy (non-hydrogen) atoms. The minimum Gasteiger partial charge on any atom is -0.508 e. The number of hydrogen-bond acceptors (Lipinski definition) is 5. The van der Waals surface area contributed by atoms with E-state index >= 15 is 0 Å². The lowest BCUT2D eigenvalue weighted by Crippen LogP contribution is -2.70. The number of piperidine rings is 1. The van der Waals surface area contributed by atoms with Gasteiger partial charge in [0.15, 0.2) is 22.9 Å². The Hall–Kier alpha value is -1.75. The monoisotopic (exact) mass is 329 g/mol. The number of hydrogen-bond donors (Lipinski definition) is 1. The first-order valence-electron chi connectivity index (χ1n) is 8.80. The highest BCUT2D eigenvalue weighted by atomic mass is 16.5. The van der Waals surface area contributed by atoms with Crippen molar-refractivity contribution in [1.29, 1.82) is 0 Å². The van der Waals surface area contributed by atoms with Crippen LogP contribution in [-0.2, 0) is 16.6 Å². The Morgan fingerprint density at radius 3 is 3.00 bits per heavy atom. The Morgan fingerprint density at radius 2 is 2.25 bits per heavy atom. The van der Waals surface area contributed by atoms with Crippen LogP contribution >= 0.6 is 0 Å². The van der Waals surface area contributed by atoms with Gasteiger partial charge in [-0.2, -0.15) is 0 Å². The van der Waals surface area contributed by atoms with Crippen LogP contribution in [-0.4, -0.2) is 48.1 Å². The van der Waals surface area contributed by atoms with Gasteiger partial charge >= 0.3 is 0 Å². The van der Waals surface area contributed by atoms with Crippen molar-refractivity contribution in [3.8, 4) is 17.2 Å². The first-order valence-corrected chi connectivity index (χ1v) is 8.80. The molecule has 1 aromatic rings. The summed E-state index contributed by atoms with van der Waals surface area (Å²) in [7, 11) is 3.75. The molecule has 1 saturated heterocycles. The molecule has 5 rings (SSSR count). The zero-order chi connectivity index (χ0) is 16.9. The number of Topliss-reactive ketones (excluding diaryl/α,β-unsaturated/α-hetero) is 1. The molecule has 5 nitrogen and oxygen atoms in total. The van der Waals surface area contributed by atoms with Gasteiger partial charge in [0.2, 0.25) is 0 Å². The number of benzene rings is 1. The summed E-state index contributed by atoms with van der Waals surface area (Å²) in [6.45, 7) is 2.92. The highest BCUT2D eigenvalue weighted by Crippen LogP contribution is 2.67. The number of carbonyl (C=O) groups is 1. The van der Waals surface area contributed by atoms with Crippen LogP contribution in [0, 0.1) is 5.92 Å². The zero-order valence-electron chi connectivity index (χ0n) is 14.4. The maximum Gasteiger partial charge on any atom is 0.177 e. The SMILES string of the molecule is COc1cc(O)c2c3c1O[C@@]1(C)C(=O)CC[C@H]4[C@@H](C2)N(C)CC[C@@]341. The number of methoxy groups -OCH3 is 1. The van der Waals surface area contributed by atoms with Gasteiger partial charge in [-0.05, 0) is 45.7 Å². The molecule has 0 unspecified atom stereocenters. The van der Waals surface area contributed by atoms with E-state index < -0.39 is 5.60 Å². The molecule has 4 aliphatic rings. The number of likely N-dealkylation sites (N-methyl/N-ethyl adjacent to an activating group) is 1. The molecule has 0 aromatic heterocycles. The summed E-state index contributed by atoms with van der Waals surface area (Å²) in [4.78, 5) is 15.4. The molecule has 128 valence electrons. The van der Waals surface area contributed by atoms with Gasteiger partial charge in [-0.25, -0.2) is 0 Å². The minimum absolute atomic E-state index is 0.188. The van der Waals surface area contributed by atoms with Crippen LogP contribution < -0.4 is 9.47 Å². The molecule has 2 aliphatic carbocycles. The van der Waals surface area contributed by atoms with E-state index in [1.807, 2.05) is 6.92 Å². The number of nitrogens with zero attached hydrogens (tertiary/aromatic N) is 1. The van der Waals surface area contributed by atoms with Crippen molar-refractivity contribution in [2.75, 3.05) is 20.7 Å². The van der Waals surface area contributed by atoms with Gasteiger partial charge in [-0.15, -0.1) is 0 Å². The van der Waals surface area contributed by atoms with Crippen LogP contribution in [0.3, 0.4) is 0 Å². The molecule has 1 saturated carbocycles. The second-order valence-corrected chi connectivity index (χ2v) is 7.96. The molecule has 1 N–H and O–H groups in total. The Kier molecular flexibility index (Phi) is 2.59. The van der Waals surface area contributed by atoms with Crippen molar-refractivity contribution in [1.82, 2.24) is 4.90 Å². The topological polar surface area (TPSA) is 59.0 Å². The van der Waals surface area contributed by atoms with Crippen molar-refractivity contribution in [3.63, 3.8) is 0 Å². The molecule has 1 aromatic carbocycles. The molecule has 2 bridgehead atoms. The van der Waals surface area contributed by atoms with Gasteiger partial charge in [0.1, 0.15) is 5.75 Å². The van der Waals surface area contributed by atoms with E-state index in [2.05, 4.69) is 11.9 Å². The Morgan fingerprint density at radius 1 is 1.46 bits per heavy atom. The van der Waals surface area contributed by atoms with Gasteiger partial charge in [0.25, 0.3) is 0 Å². The molecule has 5 heteroatoms. The van der Waals surface area contributed by atoms with Crippen molar-refractivity contribution < 1.29 is 19.4 Å². The van der Waals surface area contributed by atoms with Crippen molar-refractivity contribution in [2.24, 2.45) is 5.92 Å². The van der Waals surface area contributed by atoms with Crippen LogP contribution in [0.15, 0.2) is 6.07 Å². The van der Waals surface area contributed by atoms with E-state index in [0.717, 1.165) is 36.9 Å². The van der Waals surface area contributed by atoms with Crippen LogP contribution in [0.1, 0.15) is 37.3 Å². The number of ether oxygens (including phenoxy) is 2. The summed E-state index contributed by atoms with van der Waals surface area (Å²) in [6, 6.07) is 2.00. The third-order valence-electron chi connectivity index (χ3n) is 7.30. The van der Waals surface area contributed by atoms with E-state index in [-0.39, 0.29) is 16.9 Å². The molecule has 2 aliphatic heterocycles. The van der Waals surface area contributed by atoms with Crippen molar-refractivity contribution in [3.05, 3.63) is 17.2 Å². The highest BCUT2D eigenvalue weighted by Gasteiger charge is 2.71. The number of carbonyl (C=O) groups excluding carboxylic acids is 1. The van der Waals surface area contributed by atoms with Crippen LogP contribution in [0.5, 0.6) is 17.2 Å². The number of likely N-dealkylation sites (tertiary alicyclic amines) is 1. The second kappa shape index (κ2) is 4.26. The molecule has 1 spiro atoms. The molecule has 2 heterocycles. The van der Waals surface area contributed by atoms with Crippen LogP contribution in [0.2, 0.25) is 0 Å². The summed E-state index contributed by atoms with van der Waals surface area (Å²) in [6.07, 6.45) is 3.18. The molecular weight excluding hydrogens is 306 g/mol. The number of aromatic hydroxyl groups is 1. The predicted octanol–water partition coefficient (Wildman–Crippen LogP) is 2.03. The zero-order valence-corrected chi connectivity index (χ0v) is 14.4. The van der Waals surface area contributed by atoms with Gasteiger partial charge in [0.05, 0.1) is 12.5 Å². The Balaban J connectivity index is 1.88. The fourth-order valence-electron chi connectivity index (χ4n) is 6.15. The smallest absolute Gasteiger partial charge is 0.177 e. The number of phenolic OH excluding ortho intramolecular Hbond substituents is 1. The summed E-state index contributed by atoms with van der Waals surface area (Å²) >= 11 is 0. The van der Waals surface area contributed by atoms with Gasteiger partial charge < -0.3 is 19.5 Å². The lowest BCUT2D eigenvalue weighted by Gasteiger charge is -2.60. The quantitative estimate of drug-likeness (QED) is 0.854. The first-order chi connectivity index (χ1) is 11.4. The summed E-state index contributed by atoms with van der Waals surface area (Å²) < 4.78 is 11.9. The molecule has 4 atom stereocenters. The van der Waals surface area contributed by atoms with E-state index in [4.69, 9.17) is 9.47 Å². The standard InChI is InChI=1S/C19H23NO4/c1-18-15(22)5-4-11-12-8-10-13(21)9-14(23-3)17(24-18)16(10)19(11,18)6-7-20(12)2/h9,11-12,21H,4-8H2,1-3H3/t11-,12+,18-,19-/m0/s1. The third-order valence-corrected chi connectivity index (χ3v) is 7.30. The lowest BCUT2D eigenvalue weighted by atomic mass is 9.47. The van der Waals surface area contributed by atoms with Crippen LogP contribution in [0.4, 0.5) is 0 Å². The normalized spacial score (nSPS) is 39.4. The summed E-state index contributed by atoms with van der Waals surface area (Å²) in [5.41, 5.74) is 0.851. The molecule has 0 radical (unpaired) electrons. The highest BCUT2D eigenvalue weighted by molar-refractivity contribution is 5.93. The summed E-state index contributed by atoms with van der Waals surface area (Å²) in [5, 5.41) is 10.7. The number of rotatable bonds is 1. The number of phenols is 1. The second-order valence-electron chi connectivity index (χ2n) is 7.96. The Labute approximate surface area is 141 Å². The van der Waals surface area contributed by atoms with Gasteiger partial charge in [-0.3, -0.25) is 4.79 Å². The van der Waals surface area contributed by atoms with E-state index in [9.17, 15) is 9.90 Å². The third kappa shape index (κ3) is 1.33. The Bertz CT molecular complexity index is 775. The fraction of sp³-hybridized carbons (Fsp3) is 0.632. The summed E-state index contributed by atoms with van der Waals surface area (Å²) in [5.74, 6) is 2.08. The lowest BCUT2D eigenvalue weighted by molar-refractivity contribution is -0.153. The molecular formula is C19H23NO4.